The van der Waals surface area contributed by atoms with Crippen LogP contribution in [0.15, 0.2) is 42.6 Å². The van der Waals surface area contributed by atoms with E-state index < -0.39 is 0 Å². The van der Waals surface area contributed by atoms with Gasteiger partial charge in [0, 0.05) is 18.2 Å². The third kappa shape index (κ3) is 4.10. The van der Waals surface area contributed by atoms with Gasteiger partial charge in [-0.15, -0.1) is 0 Å². The molecule has 132 valence electrons. The van der Waals surface area contributed by atoms with Gasteiger partial charge in [0.25, 0.3) is 5.91 Å². The maximum Gasteiger partial charge on any atom is 0.256 e. The third-order valence-corrected chi connectivity index (χ3v) is 4.75. The Morgan fingerprint density at radius 3 is 2.92 bits per heavy atom. The van der Waals surface area contributed by atoms with Crippen LogP contribution >= 0.6 is 0 Å². The number of nitrogens with zero attached hydrogens (tertiary/aromatic N) is 2. The molecule has 1 atom stereocenters. The predicted octanol–water partition coefficient (Wildman–Crippen LogP) is 4.11. The highest BCUT2D eigenvalue weighted by Gasteiger charge is 2.21. The van der Waals surface area contributed by atoms with Crippen LogP contribution in [0.1, 0.15) is 43.0 Å². The van der Waals surface area contributed by atoms with E-state index in [1.807, 2.05) is 24.4 Å². The second-order valence-electron chi connectivity index (χ2n) is 6.34. The summed E-state index contributed by atoms with van der Waals surface area (Å²) in [4.78, 5) is 19.2. The number of piperidine rings is 1. The first-order valence-electron chi connectivity index (χ1n) is 8.89. The second-order valence-corrected chi connectivity index (χ2v) is 6.34. The van der Waals surface area contributed by atoms with Crippen LogP contribution in [0, 0.1) is 0 Å². The molecule has 2 heterocycles. The third-order valence-electron chi connectivity index (χ3n) is 4.75. The highest BCUT2D eigenvalue weighted by atomic mass is 16.5. The standard InChI is InChI=1S/C20H25N3O2/c1-3-16-8-4-5-12-23(16)17-10-11-19(21-14-17)22-20(24)15-7-6-9-18(13-15)25-2/h6-7,9-11,13-14,16H,3-5,8,12H2,1-2H3,(H,21,22,24). The number of aromatic nitrogens is 1. The van der Waals surface area contributed by atoms with E-state index in [0.717, 1.165) is 18.7 Å². The SMILES string of the molecule is CCC1CCCCN1c1ccc(NC(=O)c2cccc(OC)c2)nc1. The Balaban J connectivity index is 1.68. The summed E-state index contributed by atoms with van der Waals surface area (Å²) in [6.45, 7) is 3.31. The topological polar surface area (TPSA) is 54.5 Å². The Morgan fingerprint density at radius 1 is 1.32 bits per heavy atom. The van der Waals surface area contributed by atoms with Crippen LogP contribution in [0.5, 0.6) is 5.75 Å². The number of ether oxygens (including phenoxy) is 1. The van der Waals surface area contributed by atoms with Crippen LogP contribution in [0.2, 0.25) is 0 Å². The minimum absolute atomic E-state index is 0.191. The van der Waals surface area contributed by atoms with Gasteiger partial charge in [-0.1, -0.05) is 13.0 Å². The summed E-state index contributed by atoms with van der Waals surface area (Å²) < 4.78 is 5.16. The van der Waals surface area contributed by atoms with Crippen LogP contribution in [0.25, 0.3) is 0 Å². The number of carbonyl (C=O) groups excluding carboxylic acids is 1. The van der Waals surface area contributed by atoms with Crippen molar-refractivity contribution in [3.63, 3.8) is 0 Å². The van der Waals surface area contributed by atoms with Crippen LogP contribution in [0.4, 0.5) is 11.5 Å². The van der Waals surface area contributed by atoms with Crippen molar-refractivity contribution in [3.8, 4) is 5.75 Å². The molecule has 3 rings (SSSR count). The Kier molecular flexibility index (Phi) is 5.53. The zero-order valence-electron chi connectivity index (χ0n) is 14.9. The van der Waals surface area contributed by atoms with E-state index in [4.69, 9.17) is 4.74 Å². The molecule has 0 saturated carbocycles. The Morgan fingerprint density at radius 2 is 2.20 bits per heavy atom. The summed E-state index contributed by atoms with van der Waals surface area (Å²) in [5.41, 5.74) is 1.68. The molecule has 1 N–H and O–H groups in total. The summed E-state index contributed by atoms with van der Waals surface area (Å²) in [5, 5.41) is 2.84. The number of pyridine rings is 1. The number of nitrogens with one attached hydrogen (secondary N) is 1. The first kappa shape index (κ1) is 17.3. The Hall–Kier alpha value is -2.56. The van der Waals surface area contributed by atoms with Gasteiger partial charge < -0.3 is 15.0 Å². The van der Waals surface area contributed by atoms with Gasteiger partial charge in [0.05, 0.1) is 19.0 Å². The van der Waals surface area contributed by atoms with Crippen LogP contribution in [0.3, 0.4) is 0 Å². The highest BCUT2D eigenvalue weighted by molar-refractivity contribution is 6.04. The maximum atomic E-state index is 12.4. The summed E-state index contributed by atoms with van der Waals surface area (Å²) >= 11 is 0. The number of rotatable bonds is 5. The number of anilines is 2. The van der Waals surface area contributed by atoms with E-state index >= 15 is 0 Å². The van der Waals surface area contributed by atoms with Crippen LogP contribution in [-0.4, -0.2) is 30.6 Å². The van der Waals surface area contributed by atoms with Crippen molar-refractivity contribution in [1.82, 2.24) is 4.98 Å². The van der Waals surface area contributed by atoms with Crippen molar-refractivity contribution in [3.05, 3.63) is 48.2 Å². The lowest BCUT2D eigenvalue weighted by Gasteiger charge is -2.37. The molecule has 1 aliphatic heterocycles. The van der Waals surface area contributed by atoms with E-state index in [-0.39, 0.29) is 5.91 Å². The minimum atomic E-state index is -0.191. The summed E-state index contributed by atoms with van der Waals surface area (Å²) in [5.74, 6) is 1.02. The number of methoxy groups -OCH3 is 1. The fourth-order valence-corrected chi connectivity index (χ4v) is 3.35. The molecule has 0 bridgehead atoms. The van der Waals surface area contributed by atoms with Gasteiger partial charge in [-0.25, -0.2) is 4.98 Å². The van der Waals surface area contributed by atoms with E-state index in [9.17, 15) is 4.79 Å². The largest absolute Gasteiger partial charge is 0.497 e. The lowest BCUT2D eigenvalue weighted by Crippen LogP contribution is -2.39. The van der Waals surface area contributed by atoms with Crippen LogP contribution in [-0.2, 0) is 0 Å². The molecule has 5 nitrogen and oxygen atoms in total. The van der Waals surface area contributed by atoms with Gasteiger partial charge >= 0.3 is 0 Å². The molecular formula is C20H25N3O2. The lowest BCUT2D eigenvalue weighted by molar-refractivity contribution is 0.102. The predicted molar refractivity (Wildman–Crippen MR) is 100 cm³/mol. The van der Waals surface area contributed by atoms with Gasteiger partial charge in [-0.3, -0.25) is 4.79 Å². The lowest BCUT2D eigenvalue weighted by atomic mass is 9.99. The quantitative estimate of drug-likeness (QED) is 0.890. The first-order chi connectivity index (χ1) is 12.2. The molecule has 25 heavy (non-hydrogen) atoms. The number of carbonyl (C=O) groups is 1. The smallest absolute Gasteiger partial charge is 0.256 e. The van der Waals surface area contributed by atoms with Crippen molar-refractivity contribution in [2.24, 2.45) is 0 Å². The van der Waals surface area contributed by atoms with E-state index in [1.54, 1.807) is 25.3 Å². The molecule has 1 unspecified atom stereocenters. The van der Waals surface area contributed by atoms with E-state index in [0.29, 0.717) is 23.2 Å². The monoisotopic (exact) mass is 339 g/mol. The molecular weight excluding hydrogens is 314 g/mol. The van der Waals surface area contributed by atoms with Crippen molar-refractivity contribution in [1.29, 1.82) is 0 Å². The van der Waals surface area contributed by atoms with Gasteiger partial charge in [0.15, 0.2) is 0 Å². The van der Waals surface area contributed by atoms with Gasteiger partial charge in [-0.2, -0.15) is 0 Å². The molecule has 2 aromatic rings. The number of benzene rings is 1. The Labute approximate surface area is 149 Å². The Bertz CT molecular complexity index is 715. The minimum Gasteiger partial charge on any atom is -0.497 e. The molecule has 1 aromatic carbocycles. The average Bonchev–Trinajstić information content (AvgIpc) is 2.68. The maximum absolute atomic E-state index is 12.4. The van der Waals surface area contributed by atoms with E-state index in [2.05, 4.69) is 22.1 Å². The molecule has 0 aliphatic carbocycles. The van der Waals surface area contributed by atoms with E-state index in [1.165, 1.54) is 19.3 Å². The fraction of sp³-hybridized carbons (Fsp3) is 0.400. The zero-order chi connectivity index (χ0) is 17.6. The molecule has 5 heteroatoms. The number of amides is 1. The first-order valence-corrected chi connectivity index (χ1v) is 8.89. The van der Waals surface area contributed by atoms with Crippen LogP contribution < -0.4 is 15.0 Å². The molecule has 1 aliphatic rings. The summed E-state index contributed by atoms with van der Waals surface area (Å²) in [6.07, 6.45) is 6.77. The zero-order valence-corrected chi connectivity index (χ0v) is 14.9. The van der Waals surface area contributed by atoms with Crippen molar-refractivity contribution in [2.75, 3.05) is 23.9 Å². The summed E-state index contributed by atoms with van der Waals surface area (Å²) in [6, 6.07) is 11.6. The molecule has 1 fully saturated rings. The van der Waals surface area contributed by atoms with Crippen molar-refractivity contribution >= 4 is 17.4 Å². The fourth-order valence-electron chi connectivity index (χ4n) is 3.35. The average molecular weight is 339 g/mol. The highest BCUT2D eigenvalue weighted by Crippen LogP contribution is 2.26. The molecule has 1 amide bonds. The van der Waals surface area contributed by atoms with Gasteiger partial charge in [0.2, 0.25) is 0 Å². The molecule has 0 radical (unpaired) electrons. The summed E-state index contributed by atoms with van der Waals surface area (Å²) in [7, 11) is 1.58. The van der Waals surface area contributed by atoms with Gasteiger partial charge in [0.1, 0.15) is 11.6 Å². The molecule has 1 saturated heterocycles. The number of hydrogen-bond donors (Lipinski definition) is 1. The number of hydrogen-bond acceptors (Lipinski definition) is 4. The second kappa shape index (κ2) is 8.01. The van der Waals surface area contributed by atoms with Crippen molar-refractivity contribution in [2.45, 2.75) is 38.6 Å². The molecule has 0 spiro atoms. The normalized spacial score (nSPS) is 17.2. The molecule has 1 aromatic heterocycles. The van der Waals surface area contributed by atoms with Gasteiger partial charge in [-0.05, 0) is 56.0 Å². The van der Waals surface area contributed by atoms with Crippen molar-refractivity contribution < 1.29 is 9.53 Å².